The summed E-state index contributed by atoms with van der Waals surface area (Å²) in [6.07, 6.45) is 2.98. The molecule has 0 radical (unpaired) electrons. The van der Waals surface area contributed by atoms with E-state index in [1.54, 1.807) is 14.0 Å². The maximum Gasteiger partial charge on any atom is 0.229 e. The van der Waals surface area contributed by atoms with E-state index in [1.165, 1.54) is 10.9 Å². The molecule has 1 aliphatic rings. The summed E-state index contributed by atoms with van der Waals surface area (Å²) in [5, 5.41) is 11.7. The zero-order valence-corrected chi connectivity index (χ0v) is 19.1. The molecule has 1 aliphatic heterocycles. The van der Waals surface area contributed by atoms with Gasteiger partial charge in [0.05, 0.1) is 19.1 Å². The number of benzene rings is 2. The fourth-order valence-electron chi connectivity index (χ4n) is 4.97. The number of aromatic amines is 1. The Bertz CT molecular complexity index is 1060. The molecule has 0 aliphatic carbocycles. The van der Waals surface area contributed by atoms with Crippen LogP contribution >= 0.6 is 0 Å². The van der Waals surface area contributed by atoms with Crippen molar-refractivity contribution in [2.75, 3.05) is 27.2 Å². The normalized spacial score (nSPS) is 20.2. The number of likely N-dealkylation sites (tertiary alicyclic amines) is 1. The number of hydrogen-bond donors (Lipinski definition) is 2. The Balaban J connectivity index is 1.43. The first-order chi connectivity index (χ1) is 15.5. The summed E-state index contributed by atoms with van der Waals surface area (Å²) in [6.45, 7) is 3.81. The third-order valence-corrected chi connectivity index (χ3v) is 6.68. The topological polar surface area (TPSA) is 68.8 Å². The highest BCUT2D eigenvalue weighted by atomic mass is 16.5. The molecule has 1 unspecified atom stereocenters. The van der Waals surface area contributed by atoms with E-state index in [-0.39, 0.29) is 11.9 Å². The number of piperidine rings is 1. The number of fused-ring (bicyclic) bond motifs is 1. The van der Waals surface area contributed by atoms with Gasteiger partial charge in [-0.2, -0.15) is 0 Å². The standard InChI is InChI=1S/C26H33N3O3/c1-18(30)25-24(28(2)17-19-7-6-8-21(15-19)32-3)12-14-29(26(25)31)13-11-20-16-27-23-10-5-4-9-22(20)23/h4-10,15-16,18,24-25,27,30H,11-14,17H2,1-3H3/t18?,24-,25-/m0/s1. The van der Waals surface area contributed by atoms with E-state index in [1.807, 2.05) is 48.5 Å². The molecule has 2 aromatic carbocycles. The van der Waals surface area contributed by atoms with Gasteiger partial charge in [0, 0.05) is 42.8 Å². The Morgan fingerprint density at radius 3 is 2.84 bits per heavy atom. The molecule has 0 saturated carbocycles. The first-order valence-corrected chi connectivity index (χ1v) is 11.3. The number of rotatable bonds is 8. The van der Waals surface area contributed by atoms with Crippen molar-refractivity contribution in [3.63, 3.8) is 0 Å². The molecule has 0 bridgehead atoms. The monoisotopic (exact) mass is 435 g/mol. The van der Waals surface area contributed by atoms with Gasteiger partial charge in [0.2, 0.25) is 5.91 Å². The van der Waals surface area contributed by atoms with Crippen molar-refractivity contribution < 1.29 is 14.6 Å². The van der Waals surface area contributed by atoms with Crippen LogP contribution in [0.4, 0.5) is 0 Å². The van der Waals surface area contributed by atoms with Gasteiger partial charge in [0.1, 0.15) is 5.75 Å². The minimum Gasteiger partial charge on any atom is -0.497 e. The van der Waals surface area contributed by atoms with Crippen LogP contribution in [0.2, 0.25) is 0 Å². The van der Waals surface area contributed by atoms with Crippen molar-refractivity contribution in [2.45, 2.75) is 38.5 Å². The summed E-state index contributed by atoms with van der Waals surface area (Å²) in [4.78, 5) is 20.8. The minimum absolute atomic E-state index is 0.00182. The van der Waals surface area contributed by atoms with Gasteiger partial charge in [-0.15, -0.1) is 0 Å². The molecule has 6 nitrogen and oxygen atoms in total. The van der Waals surface area contributed by atoms with Crippen LogP contribution in [0, 0.1) is 5.92 Å². The van der Waals surface area contributed by atoms with Crippen LogP contribution in [0.5, 0.6) is 5.75 Å². The number of aromatic nitrogens is 1. The number of H-pyrrole nitrogens is 1. The molecule has 1 fully saturated rings. The van der Waals surface area contributed by atoms with Gasteiger partial charge >= 0.3 is 0 Å². The van der Waals surface area contributed by atoms with Crippen molar-refractivity contribution in [1.82, 2.24) is 14.8 Å². The van der Waals surface area contributed by atoms with E-state index < -0.39 is 12.0 Å². The van der Waals surface area contributed by atoms with Crippen LogP contribution in [-0.2, 0) is 17.8 Å². The van der Waals surface area contributed by atoms with Crippen molar-refractivity contribution in [1.29, 1.82) is 0 Å². The van der Waals surface area contributed by atoms with E-state index >= 15 is 0 Å². The fourth-order valence-corrected chi connectivity index (χ4v) is 4.97. The first-order valence-electron chi connectivity index (χ1n) is 11.3. The summed E-state index contributed by atoms with van der Waals surface area (Å²) in [6, 6.07) is 16.2. The number of aliphatic hydroxyl groups excluding tert-OH is 1. The Labute approximate surface area is 189 Å². The number of aliphatic hydroxyl groups is 1. The number of methoxy groups -OCH3 is 1. The van der Waals surface area contributed by atoms with Gasteiger partial charge in [-0.25, -0.2) is 0 Å². The van der Waals surface area contributed by atoms with Crippen LogP contribution in [0.1, 0.15) is 24.5 Å². The van der Waals surface area contributed by atoms with E-state index in [2.05, 4.69) is 28.1 Å². The van der Waals surface area contributed by atoms with Gasteiger partial charge in [-0.1, -0.05) is 30.3 Å². The van der Waals surface area contributed by atoms with Gasteiger partial charge in [-0.3, -0.25) is 9.69 Å². The lowest BCUT2D eigenvalue weighted by atomic mass is 9.85. The summed E-state index contributed by atoms with van der Waals surface area (Å²) < 4.78 is 5.34. The summed E-state index contributed by atoms with van der Waals surface area (Å²) in [5.41, 5.74) is 3.47. The van der Waals surface area contributed by atoms with Crippen LogP contribution in [-0.4, -0.2) is 65.2 Å². The molecule has 2 N–H and O–H groups in total. The SMILES string of the molecule is COc1cccc(CN(C)[C@H]2CCN(CCc3c[nH]c4ccccc34)C(=O)[C@H]2C(C)O)c1. The molecule has 3 atom stereocenters. The molecule has 3 aromatic rings. The molecule has 1 amide bonds. The second-order valence-electron chi connectivity index (χ2n) is 8.82. The smallest absolute Gasteiger partial charge is 0.229 e. The third kappa shape index (κ3) is 4.66. The van der Waals surface area contributed by atoms with Gasteiger partial charge in [-0.05, 0) is 56.1 Å². The number of carbonyl (C=O) groups excluding carboxylic acids is 1. The molecule has 6 heteroatoms. The molecule has 1 saturated heterocycles. The number of nitrogens with zero attached hydrogens (tertiary/aromatic N) is 2. The maximum atomic E-state index is 13.4. The van der Waals surface area contributed by atoms with Crippen molar-refractivity contribution >= 4 is 16.8 Å². The van der Waals surface area contributed by atoms with Gasteiger partial charge < -0.3 is 19.7 Å². The van der Waals surface area contributed by atoms with E-state index in [0.29, 0.717) is 19.6 Å². The minimum atomic E-state index is -0.698. The maximum absolute atomic E-state index is 13.4. The predicted octanol–water partition coefficient (Wildman–Crippen LogP) is 3.45. The van der Waals surface area contributed by atoms with Crippen LogP contribution in [0.15, 0.2) is 54.7 Å². The van der Waals surface area contributed by atoms with E-state index in [4.69, 9.17) is 4.74 Å². The van der Waals surface area contributed by atoms with E-state index in [9.17, 15) is 9.90 Å². The van der Waals surface area contributed by atoms with Crippen LogP contribution in [0.25, 0.3) is 10.9 Å². The third-order valence-electron chi connectivity index (χ3n) is 6.68. The highest BCUT2D eigenvalue weighted by Crippen LogP contribution is 2.28. The number of carbonyl (C=O) groups is 1. The largest absolute Gasteiger partial charge is 0.497 e. The Hall–Kier alpha value is -2.83. The van der Waals surface area contributed by atoms with Crippen molar-refractivity contribution in [3.05, 3.63) is 65.9 Å². The van der Waals surface area contributed by atoms with Crippen LogP contribution < -0.4 is 4.74 Å². The second kappa shape index (κ2) is 9.76. The number of hydrogen-bond acceptors (Lipinski definition) is 4. The molecule has 170 valence electrons. The Morgan fingerprint density at radius 1 is 1.25 bits per heavy atom. The average Bonchev–Trinajstić information content (AvgIpc) is 3.21. The zero-order chi connectivity index (χ0) is 22.7. The lowest BCUT2D eigenvalue weighted by Crippen LogP contribution is -2.56. The molecule has 32 heavy (non-hydrogen) atoms. The number of nitrogens with one attached hydrogen (secondary N) is 1. The highest BCUT2D eigenvalue weighted by molar-refractivity contribution is 5.83. The molecular formula is C26H33N3O3. The average molecular weight is 436 g/mol. The molecular weight excluding hydrogens is 402 g/mol. The summed E-state index contributed by atoms with van der Waals surface area (Å²) in [7, 11) is 3.70. The quantitative estimate of drug-likeness (QED) is 0.569. The Morgan fingerprint density at radius 2 is 2.06 bits per heavy atom. The lowest BCUT2D eigenvalue weighted by molar-refractivity contribution is -0.147. The second-order valence-corrected chi connectivity index (χ2v) is 8.82. The predicted molar refractivity (Wildman–Crippen MR) is 127 cm³/mol. The summed E-state index contributed by atoms with van der Waals surface area (Å²) in [5.74, 6) is 0.446. The lowest BCUT2D eigenvalue weighted by Gasteiger charge is -2.43. The fraction of sp³-hybridized carbons (Fsp3) is 0.423. The molecule has 0 spiro atoms. The van der Waals surface area contributed by atoms with Gasteiger partial charge in [0.25, 0.3) is 0 Å². The first kappa shape index (κ1) is 22.4. The molecule has 1 aromatic heterocycles. The highest BCUT2D eigenvalue weighted by Gasteiger charge is 2.41. The molecule has 2 heterocycles. The number of amides is 1. The van der Waals surface area contributed by atoms with Crippen LogP contribution in [0.3, 0.4) is 0 Å². The van der Waals surface area contributed by atoms with E-state index in [0.717, 1.165) is 29.7 Å². The zero-order valence-electron chi connectivity index (χ0n) is 19.1. The molecule has 4 rings (SSSR count). The summed E-state index contributed by atoms with van der Waals surface area (Å²) >= 11 is 0. The van der Waals surface area contributed by atoms with Crippen molar-refractivity contribution in [2.24, 2.45) is 5.92 Å². The number of para-hydroxylation sites is 1. The van der Waals surface area contributed by atoms with Crippen molar-refractivity contribution in [3.8, 4) is 5.75 Å². The van der Waals surface area contributed by atoms with Gasteiger partial charge in [0.15, 0.2) is 0 Å². The Kier molecular flexibility index (Phi) is 6.82. The number of ether oxygens (including phenoxy) is 1.